The minimum absolute atomic E-state index is 0.0513. The van der Waals surface area contributed by atoms with Crippen LogP contribution < -0.4 is 10.6 Å². The number of hydrogen-bond acceptors (Lipinski definition) is 6. The fraction of sp³-hybridized carbons (Fsp3) is 0.278. The second kappa shape index (κ2) is 8.81. The number of aryl methyl sites for hydroxylation is 1. The first-order chi connectivity index (χ1) is 13.1. The third-order valence-corrected chi connectivity index (χ3v) is 5.96. The van der Waals surface area contributed by atoms with E-state index in [4.69, 9.17) is 0 Å². The zero-order valence-corrected chi connectivity index (χ0v) is 16.6. The van der Waals surface area contributed by atoms with Crippen LogP contribution >= 0.6 is 0 Å². The predicted molar refractivity (Wildman–Crippen MR) is 107 cm³/mol. The summed E-state index contributed by atoms with van der Waals surface area (Å²) < 4.78 is 25.8. The molecule has 0 aliphatic heterocycles. The van der Waals surface area contributed by atoms with Gasteiger partial charge in [0.25, 0.3) is 5.69 Å². The number of carbonyl (C=O) groups excluding carboxylic acids is 1. The van der Waals surface area contributed by atoms with Gasteiger partial charge in [-0.15, -0.1) is 0 Å². The second-order valence-electron chi connectivity index (χ2n) is 6.27. The first-order valence-corrected chi connectivity index (χ1v) is 9.87. The minimum Gasteiger partial charge on any atom is -0.379 e. The molecule has 0 radical (unpaired) electrons. The van der Waals surface area contributed by atoms with E-state index < -0.39 is 14.9 Å². The van der Waals surface area contributed by atoms with E-state index >= 15 is 0 Å². The van der Waals surface area contributed by atoms with Crippen LogP contribution in [-0.2, 0) is 14.8 Å². The fourth-order valence-electron chi connectivity index (χ4n) is 2.47. The minimum atomic E-state index is -3.63. The number of sulfonamides is 1. The van der Waals surface area contributed by atoms with Crippen LogP contribution in [0.15, 0.2) is 47.4 Å². The molecule has 0 fully saturated rings. The topological polar surface area (TPSA) is 122 Å². The summed E-state index contributed by atoms with van der Waals surface area (Å²) in [6.45, 7) is 1.87. The highest BCUT2D eigenvalue weighted by Crippen LogP contribution is 2.24. The molecule has 9 nitrogen and oxygen atoms in total. The molecule has 10 heteroatoms. The molecule has 0 unspecified atom stereocenters. The van der Waals surface area contributed by atoms with Crippen molar-refractivity contribution in [3.05, 3.63) is 58.1 Å². The number of para-hydroxylation sites is 2. The molecule has 2 aromatic carbocycles. The molecule has 0 aliphatic rings. The van der Waals surface area contributed by atoms with E-state index in [-0.39, 0.29) is 29.5 Å². The Balaban J connectivity index is 2.02. The van der Waals surface area contributed by atoms with Gasteiger partial charge >= 0.3 is 0 Å². The maximum Gasteiger partial charge on any atom is 0.292 e. The van der Waals surface area contributed by atoms with Crippen molar-refractivity contribution in [1.29, 1.82) is 0 Å². The van der Waals surface area contributed by atoms with Crippen LogP contribution in [0.2, 0.25) is 0 Å². The number of carbonyl (C=O) groups is 1. The van der Waals surface area contributed by atoms with E-state index in [2.05, 4.69) is 10.6 Å². The summed E-state index contributed by atoms with van der Waals surface area (Å²) in [7, 11) is -0.748. The molecule has 0 saturated carbocycles. The number of nitro benzene ring substituents is 1. The molecule has 0 aliphatic carbocycles. The Kier molecular flexibility index (Phi) is 6.71. The van der Waals surface area contributed by atoms with Crippen LogP contribution in [0.3, 0.4) is 0 Å². The Morgan fingerprint density at radius 1 is 1.18 bits per heavy atom. The van der Waals surface area contributed by atoms with Crippen molar-refractivity contribution < 1.29 is 18.1 Å². The number of amides is 1. The molecular weight excluding hydrogens is 384 g/mol. The van der Waals surface area contributed by atoms with E-state index in [1.54, 1.807) is 37.3 Å². The smallest absolute Gasteiger partial charge is 0.292 e. The number of nitrogens with one attached hydrogen (secondary N) is 2. The maximum absolute atomic E-state index is 12.4. The molecule has 150 valence electrons. The number of benzene rings is 2. The summed E-state index contributed by atoms with van der Waals surface area (Å²) in [4.78, 5) is 22.8. The lowest BCUT2D eigenvalue weighted by atomic mass is 10.2. The zero-order chi connectivity index (χ0) is 20.9. The summed E-state index contributed by atoms with van der Waals surface area (Å²) in [6, 6.07) is 10.8. The quantitative estimate of drug-likeness (QED) is 0.513. The summed E-state index contributed by atoms with van der Waals surface area (Å²) in [5.74, 6) is -0.344. The van der Waals surface area contributed by atoms with Crippen molar-refractivity contribution in [1.82, 2.24) is 4.31 Å². The number of rotatable bonds is 8. The zero-order valence-electron chi connectivity index (χ0n) is 15.8. The Bertz CT molecular complexity index is 989. The summed E-state index contributed by atoms with van der Waals surface area (Å²) >= 11 is 0. The standard InChI is InChI=1S/C18H22N4O5S/c1-13-8-9-14(12-17(13)28(26,27)21(2)3)20-18(23)10-11-19-15-6-4-5-7-16(15)22(24)25/h4-9,12,19H,10-11H2,1-3H3,(H,20,23). The number of hydrogen-bond donors (Lipinski definition) is 2. The van der Waals surface area contributed by atoms with Gasteiger partial charge in [-0.1, -0.05) is 18.2 Å². The van der Waals surface area contributed by atoms with E-state index in [0.717, 1.165) is 4.31 Å². The van der Waals surface area contributed by atoms with Crippen LogP contribution in [0.1, 0.15) is 12.0 Å². The Morgan fingerprint density at radius 3 is 2.50 bits per heavy atom. The summed E-state index contributed by atoms with van der Waals surface area (Å²) in [6.07, 6.45) is 0.0513. The fourth-order valence-corrected chi connectivity index (χ4v) is 3.61. The van der Waals surface area contributed by atoms with Gasteiger partial charge in [0.1, 0.15) is 5.69 Å². The SMILES string of the molecule is Cc1ccc(NC(=O)CCNc2ccccc2[N+](=O)[O-])cc1S(=O)(=O)N(C)C. The third kappa shape index (κ3) is 5.05. The maximum atomic E-state index is 12.4. The van der Waals surface area contributed by atoms with Crippen LogP contribution in [-0.4, -0.2) is 44.2 Å². The highest BCUT2D eigenvalue weighted by molar-refractivity contribution is 7.89. The van der Waals surface area contributed by atoms with Crippen LogP contribution in [0.5, 0.6) is 0 Å². The Morgan fingerprint density at radius 2 is 1.86 bits per heavy atom. The van der Waals surface area contributed by atoms with Crippen molar-refractivity contribution in [3.63, 3.8) is 0 Å². The molecule has 0 spiro atoms. The van der Waals surface area contributed by atoms with E-state index in [1.807, 2.05) is 0 Å². The largest absolute Gasteiger partial charge is 0.379 e. The molecule has 0 heterocycles. The molecule has 1 amide bonds. The molecule has 2 N–H and O–H groups in total. The molecule has 2 rings (SSSR count). The average molecular weight is 406 g/mol. The predicted octanol–water partition coefficient (Wildman–Crippen LogP) is 2.59. The highest BCUT2D eigenvalue weighted by atomic mass is 32.2. The number of nitrogens with zero attached hydrogens (tertiary/aromatic N) is 2. The van der Waals surface area contributed by atoms with Crippen LogP contribution in [0.25, 0.3) is 0 Å². The second-order valence-corrected chi connectivity index (χ2v) is 8.39. The van der Waals surface area contributed by atoms with Gasteiger partial charge in [-0.2, -0.15) is 0 Å². The van der Waals surface area contributed by atoms with Crippen molar-refractivity contribution in [2.75, 3.05) is 31.3 Å². The van der Waals surface area contributed by atoms with E-state index in [1.165, 1.54) is 26.2 Å². The van der Waals surface area contributed by atoms with Gasteiger partial charge in [-0.05, 0) is 30.7 Å². The molecular formula is C18H22N4O5S. The van der Waals surface area contributed by atoms with E-state index in [0.29, 0.717) is 16.9 Å². The third-order valence-electron chi connectivity index (χ3n) is 4.00. The van der Waals surface area contributed by atoms with Crippen molar-refractivity contribution in [3.8, 4) is 0 Å². The lowest BCUT2D eigenvalue weighted by Gasteiger charge is -2.15. The normalized spacial score (nSPS) is 11.3. The van der Waals surface area contributed by atoms with Gasteiger partial charge in [0.15, 0.2) is 0 Å². The highest BCUT2D eigenvalue weighted by Gasteiger charge is 2.20. The summed E-state index contributed by atoms with van der Waals surface area (Å²) in [5.41, 5.74) is 1.20. The van der Waals surface area contributed by atoms with E-state index in [9.17, 15) is 23.3 Å². The van der Waals surface area contributed by atoms with Gasteiger partial charge in [0.05, 0.1) is 9.82 Å². The van der Waals surface area contributed by atoms with Gasteiger partial charge in [-0.3, -0.25) is 14.9 Å². The summed E-state index contributed by atoms with van der Waals surface area (Å²) in [5, 5.41) is 16.5. The van der Waals surface area contributed by atoms with Gasteiger partial charge in [-0.25, -0.2) is 12.7 Å². The molecule has 0 bridgehead atoms. The van der Waals surface area contributed by atoms with Gasteiger partial charge in [0.2, 0.25) is 15.9 Å². The van der Waals surface area contributed by atoms with Crippen molar-refractivity contribution >= 4 is 33.0 Å². The Hall–Kier alpha value is -2.98. The number of nitro groups is 1. The lowest BCUT2D eigenvalue weighted by Crippen LogP contribution is -2.23. The lowest BCUT2D eigenvalue weighted by molar-refractivity contribution is -0.384. The molecule has 0 aromatic heterocycles. The Labute approximate surface area is 163 Å². The van der Waals surface area contributed by atoms with Crippen LogP contribution in [0.4, 0.5) is 17.1 Å². The molecule has 0 atom stereocenters. The van der Waals surface area contributed by atoms with Gasteiger partial charge in [0, 0.05) is 38.8 Å². The monoisotopic (exact) mass is 406 g/mol. The van der Waals surface area contributed by atoms with Crippen LogP contribution in [0, 0.1) is 17.0 Å². The van der Waals surface area contributed by atoms with Crippen molar-refractivity contribution in [2.24, 2.45) is 0 Å². The molecule has 2 aromatic rings. The first kappa shape index (κ1) is 21.3. The molecule has 0 saturated heterocycles. The number of anilines is 2. The average Bonchev–Trinajstić information content (AvgIpc) is 2.63. The van der Waals surface area contributed by atoms with Crippen molar-refractivity contribution in [2.45, 2.75) is 18.2 Å². The van der Waals surface area contributed by atoms with Gasteiger partial charge < -0.3 is 10.6 Å². The first-order valence-electron chi connectivity index (χ1n) is 8.43. The molecule has 28 heavy (non-hydrogen) atoms.